The molecular weight excluding hydrogens is 325 g/mol. The van der Waals surface area contributed by atoms with Crippen molar-refractivity contribution in [3.8, 4) is 5.95 Å². The first kappa shape index (κ1) is 14.8. The Balaban J connectivity index is 1.83. The first-order valence-electron chi connectivity index (χ1n) is 7.41. The second-order valence-corrected chi connectivity index (χ2v) is 6.38. The Kier molecular flexibility index (Phi) is 3.50. The molecule has 0 atom stereocenters. The highest BCUT2D eigenvalue weighted by molar-refractivity contribution is 7.16. The minimum Gasteiger partial charge on any atom is -0.340 e. The summed E-state index contributed by atoms with van der Waals surface area (Å²) in [4.78, 5) is 10.1. The van der Waals surface area contributed by atoms with E-state index in [1.165, 1.54) is 12.1 Å². The van der Waals surface area contributed by atoms with Crippen LogP contribution in [0.25, 0.3) is 16.2 Å². The van der Waals surface area contributed by atoms with Crippen molar-refractivity contribution in [1.82, 2.24) is 19.7 Å². The summed E-state index contributed by atoms with van der Waals surface area (Å²) in [5.74, 6) is 0.919. The van der Waals surface area contributed by atoms with Crippen molar-refractivity contribution >= 4 is 33.1 Å². The molecule has 3 heterocycles. The number of aryl methyl sites for hydroxylation is 2. The highest BCUT2D eigenvalue weighted by Crippen LogP contribution is 2.28. The standard InChI is InChI=1S/C17H14FN5S/c1-10-9-11(2)23(22-10)17-20-15(14-7-8-24-16(14)21-17)19-13-5-3-12(18)4-6-13/h3-9H,1-2H3,(H,19,20,21). The van der Waals surface area contributed by atoms with E-state index in [1.807, 2.05) is 31.4 Å². The lowest BCUT2D eigenvalue weighted by atomic mass is 10.3. The molecule has 0 spiro atoms. The Hall–Kier alpha value is -2.80. The molecule has 1 N–H and O–H groups in total. The molecule has 0 unspecified atom stereocenters. The fourth-order valence-electron chi connectivity index (χ4n) is 2.54. The normalized spacial score (nSPS) is 11.1. The van der Waals surface area contributed by atoms with Crippen LogP contribution >= 0.6 is 11.3 Å². The van der Waals surface area contributed by atoms with E-state index in [0.29, 0.717) is 11.8 Å². The molecule has 1 aromatic carbocycles. The van der Waals surface area contributed by atoms with E-state index < -0.39 is 0 Å². The zero-order valence-electron chi connectivity index (χ0n) is 13.1. The smallest absolute Gasteiger partial charge is 0.254 e. The number of anilines is 2. The molecule has 0 amide bonds. The molecule has 120 valence electrons. The predicted molar refractivity (Wildman–Crippen MR) is 93.7 cm³/mol. The summed E-state index contributed by atoms with van der Waals surface area (Å²) in [6.45, 7) is 3.90. The number of hydrogen-bond donors (Lipinski definition) is 1. The van der Waals surface area contributed by atoms with Gasteiger partial charge in [-0.3, -0.25) is 0 Å². The van der Waals surface area contributed by atoms with Gasteiger partial charge in [-0.15, -0.1) is 11.3 Å². The highest BCUT2D eigenvalue weighted by Gasteiger charge is 2.13. The third-order valence-electron chi connectivity index (χ3n) is 3.62. The molecule has 4 aromatic rings. The lowest BCUT2D eigenvalue weighted by molar-refractivity contribution is 0.628. The number of rotatable bonds is 3. The van der Waals surface area contributed by atoms with Crippen LogP contribution in [-0.4, -0.2) is 19.7 Å². The van der Waals surface area contributed by atoms with Gasteiger partial charge in [-0.1, -0.05) is 0 Å². The van der Waals surface area contributed by atoms with E-state index in [-0.39, 0.29) is 5.82 Å². The largest absolute Gasteiger partial charge is 0.340 e. The molecule has 0 radical (unpaired) electrons. The van der Waals surface area contributed by atoms with Gasteiger partial charge in [0.1, 0.15) is 16.5 Å². The third kappa shape index (κ3) is 2.63. The van der Waals surface area contributed by atoms with Crippen LogP contribution in [0.5, 0.6) is 0 Å². The first-order valence-corrected chi connectivity index (χ1v) is 8.29. The van der Waals surface area contributed by atoms with Crippen LogP contribution in [-0.2, 0) is 0 Å². The van der Waals surface area contributed by atoms with E-state index in [0.717, 1.165) is 27.3 Å². The molecule has 3 aromatic heterocycles. The molecule has 0 aliphatic rings. The molecule has 5 nitrogen and oxygen atoms in total. The van der Waals surface area contributed by atoms with Crippen LogP contribution in [0.4, 0.5) is 15.9 Å². The van der Waals surface area contributed by atoms with Crippen molar-refractivity contribution in [3.63, 3.8) is 0 Å². The van der Waals surface area contributed by atoms with Gasteiger partial charge < -0.3 is 5.32 Å². The molecule has 24 heavy (non-hydrogen) atoms. The maximum absolute atomic E-state index is 13.1. The van der Waals surface area contributed by atoms with Crippen LogP contribution in [0.2, 0.25) is 0 Å². The number of halogens is 1. The van der Waals surface area contributed by atoms with Crippen LogP contribution in [0, 0.1) is 19.7 Å². The van der Waals surface area contributed by atoms with Gasteiger partial charge in [0, 0.05) is 11.4 Å². The summed E-state index contributed by atoms with van der Waals surface area (Å²) in [7, 11) is 0. The maximum atomic E-state index is 13.1. The summed E-state index contributed by atoms with van der Waals surface area (Å²) >= 11 is 1.54. The average Bonchev–Trinajstić information content (AvgIpc) is 3.15. The summed E-state index contributed by atoms with van der Waals surface area (Å²) in [5, 5.41) is 10.6. The van der Waals surface area contributed by atoms with E-state index >= 15 is 0 Å². The summed E-state index contributed by atoms with van der Waals surface area (Å²) in [6, 6.07) is 10.1. The minimum atomic E-state index is -0.271. The number of benzene rings is 1. The average molecular weight is 339 g/mol. The Labute approximate surface area is 141 Å². The lowest BCUT2D eigenvalue weighted by Crippen LogP contribution is -2.07. The van der Waals surface area contributed by atoms with Gasteiger partial charge in [-0.05, 0) is 55.6 Å². The number of aromatic nitrogens is 4. The summed E-state index contributed by atoms with van der Waals surface area (Å²) < 4.78 is 14.8. The van der Waals surface area contributed by atoms with Crippen molar-refractivity contribution in [3.05, 3.63) is 59.0 Å². The number of hydrogen-bond acceptors (Lipinski definition) is 5. The molecule has 0 saturated heterocycles. The van der Waals surface area contributed by atoms with Gasteiger partial charge in [0.25, 0.3) is 5.95 Å². The van der Waals surface area contributed by atoms with Crippen molar-refractivity contribution in [2.45, 2.75) is 13.8 Å². The molecule has 0 aliphatic heterocycles. The van der Waals surface area contributed by atoms with Crippen molar-refractivity contribution < 1.29 is 4.39 Å². The molecule has 0 aliphatic carbocycles. The van der Waals surface area contributed by atoms with Crippen LogP contribution < -0.4 is 5.32 Å². The first-order chi connectivity index (χ1) is 11.6. The fourth-order valence-corrected chi connectivity index (χ4v) is 3.29. The molecule has 0 saturated carbocycles. The Morgan fingerprint density at radius 1 is 1.08 bits per heavy atom. The van der Waals surface area contributed by atoms with E-state index in [4.69, 9.17) is 0 Å². The number of fused-ring (bicyclic) bond motifs is 1. The third-order valence-corrected chi connectivity index (χ3v) is 4.43. The van der Waals surface area contributed by atoms with E-state index in [2.05, 4.69) is 20.4 Å². The van der Waals surface area contributed by atoms with Crippen LogP contribution in [0.3, 0.4) is 0 Å². The monoisotopic (exact) mass is 339 g/mol. The maximum Gasteiger partial charge on any atom is 0.254 e. The topological polar surface area (TPSA) is 55.6 Å². The van der Waals surface area contributed by atoms with Crippen molar-refractivity contribution in [1.29, 1.82) is 0 Å². The summed E-state index contributed by atoms with van der Waals surface area (Å²) in [5.41, 5.74) is 2.65. The Bertz CT molecular complexity index is 1020. The second-order valence-electron chi connectivity index (χ2n) is 5.48. The van der Waals surface area contributed by atoms with Gasteiger partial charge >= 0.3 is 0 Å². The molecule has 4 rings (SSSR count). The molecule has 0 bridgehead atoms. The molecule has 7 heteroatoms. The van der Waals surface area contributed by atoms with Crippen LogP contribution in [0.1, 0.15) is 11.4 Å². The van der Waals surface area contributed by atoms with Gasteiger partial charge in [-0.25, -0.2) is 9.07 Å². The molecule has 0 fully saturated rings. The van der Waals surface area contributed by atoms with E-state index in [9.17, 15) is 4.39 Å². The zero-order chi connectivity index (χ0) is 16.7. The number of nitrogens with zero attached hydrogens (tertiary/aromatic N) is 4. The van der Waals surface area contributed by atoms with Crippen molar-refractivity contribution in [2.24, 2.45) is 0 Å². The predicted octanol–water partition coefficient (Wildman–Crippen LogP) is 4.38. The fraction of sp³-hybridized carbons (Fsp3) is 0.118. The zero-order valence-corrected chi connectivity index (χ0v) is 13.9. The van der Waals surface area contributed by atoms with E-state index in [1.54, 1.807) is 28.2 Å². The highest BCUT2D eigenvalue weighted by atomic mass is 32.1. The summed E-state index contributed by atoms with van der Waals surface area (Å²) in [6.07, 6.45) is 0. The van der Waals surface area contributed by atoms with Crippen molar-refractivity contribution in [2.75, 3.05) is 5.32 Å². The van der Waals surface area contributed by atoms with Gasteiger partial charge in [0.05, 0.1) is 11.1 Å². The number of thiophene rings is 1. The van der Waals surface area contributed by atoms with Gasteiger partial charge in [-0.2, -0.15) is 15.1 Å². The number of nitrogens with one attached hydrogen (secondary N) is 1. The molecular formula is C17H14FN5S. The lowest BCUT2D eigenvalue weighted by Gasteiger charge is -2.09. The quantitative estimate of drug-likeness (QED) is 0.602. The van der Waals surface area contributed by atoms with Gasteiger partial charge in [0.15, 0.2) is 0 Å². The SMILES string of the molecule is Cc1cc(C)n(-c2nc(Nc3ccc(F)cc3)c3ccsc3n2)n1. The van der Waals surface area contributed by atoms with Gasteiger partial charge in [0.2, 0.25) is 0 Å². The Morgan fingerprint density at radius 2 is 1.88 bits per heavy atom. The second kappa shape index (κ2) is 5.68. The minimum absolute atomic E-state index is 0.271. The Morgan fingerprint density at radius 3 is 2.58 bits per heavy atom. The van der Waals surface area contributed by atoms with Crippen LogP contribution in [0.15, 0.2) is 41.8 Å².